The summed E-state index contributed by atoms with van der Waals surface area (Å²) in [5.41, 5.74) is 1.33. The number of nitro groups is 1. The van der Waals surface area contributed by atoms with Crippen molar-refractivity contribution in [2.75, 3.05) is 0 Å². The Morgan fingerprint density at radius 1 is 1.14 bits per heavy atom. The molecule has 0 bridgehead atoms. The maximum Gasteiger partial charge on any atom is 0.269 e. The van der Waals surface area contributed by atoms with E-state index in [-0.39, 0.29) is 23.8 Å². The molecule has 6 nitrogen and oxygen atoms in total. The van der Waals surface area contributed by atoms with E-state index in [4.69, 9.17) is 0 Å². The predicted molar refractivity (Wildman–Crippen MR) is 76.8 cm³/mol. The maximum absolute atomic E-state index is 11.8. The van der Waals surface area contributed by atoms with Gasteiger partial charge in [0.15, 0.2) is 0 Å². The highest BCUT2D eigenvalue weighted by Gasteiger charge is 2.09. The summed E-state index contributed by atoms with van der Waals surface area (Å²) in [5, 5.41) is 22.7. The molecule has 2 N–H and O–H groups in total. The van der Waals surface area contributed by atoms with Gasteiger partial charge in [-0.15, -0.1) is 0 Å². The molecular formula is C15H14N2O4. The van der Waals surface area contributed by atoms with Crippen LogP contribution in [0.3, 0.4) is 0 Å². The molecule has 108 valence electrons. The number of phenolic OH excluding ortho intramolecular Hbond substituents is 1. The Morgan fingerprint density at radius 3 is 2.57 bits per heavy atom. The van der Waals surface area contributed by atoms with Gasteiger partial charge in [-0.25, -0.2) is 0 Å². The maximum atomic E-state index is 11.8. The van der Waals surface area contributed by atoms with Gasteiger partial charge in [0.25, 0.3) is 5.69 Å². The molecule has 21 heavy (non-hydrogen) atoms. The second-order valence-electron chi connectivity index (χ2n) is 4.55. The van der Waals surface area contributed by atoms with E-state index < -0.39 is 4.92 Å². The largest absolute Gasteiger partial charge is 0.508 e. The van der Waals surface area contributed by atoms with Gasteiger partial charge in [-0.05, 0) is 23.3 Å². The minimum atomic E-state index is -0.492. The second kappa shape index (κ2) is 6.51. The molecule has 0 atom stereocenters. The topological polar surface area (TPSA) is 92.5 Å². The molecule has 2 rings (SSSR count). The van der Waals surface area contributed by atoms with Crippen molar-refractivity contribution in [3.05, 3.63) is 69.8 Å². The van der Waals surface area contributed by atoms with Crippen molar-refractivity contribution in [3.8, 4) is 5.75 Å². The van der Waals surface area contributed by atoms with Crippen LogP contribution in [0.5, 0.6) is 5.75 Å². The highest BCUT2D eigenvalue weighted by Crippen LogP contribution is 2.14. The average molecular weight is 286 g/mol. The van der Waals surface area contributed by atoms with Gasteiger partial charge in [-0.1, -0.05) is 24.3 Å². The number of rotatable bonds is 5. The van der Waals surface area contributed by atoms with Gasteiger partial charge in [-0.3, -0.25) is 14.9 Å². The Balaban J connectivity index is 1.93. The van der Waals surface area contributed by atoms with Gasteiger partial charge >= 0.3 is 0 Å². The van der Waals surface area contributed by atoms with Gasteiger partial charge in [0.05, 0.1) is 11.3 Å². The van der Waals surface area contributed by atoms with Gasteiger partial charge in [0.2, 0.25) is 5.91 Å². The van der Waals surface area contributed by atoms with Crippen molar-refractivity contribution in [1.29, 1.82) is 0 Å². The monoisotopic (exact) mass is 286 g/mol. The quantitative estimate of drug-likeness (QED) is 0.650. The molecular weight excluding hydrogens is 272 g/mol. The summed E-state index contributed by atoms with van der Waals surface area (Å²) in [6, 6.07) is 12.6. The molecule has 0 aliphatic heterocycles. The lowest BCUT2D eigenvalue weighted by Crippen LogP contribution is -2.24. The van der Waals surface area contributed by atoms with Gasteiger partial charge in [0.1, 0.15) is 5.75 Å². The van der Waals surface area contributed by atoms with Crippen LogP contribution in [0.1, 0.15) is 11.1 Å². The highest BCUT2D eigenvalue weighted by molar-refractivity contribution is 5.78. The second-order valence-corrected chi connectivity index (χ2v) is 4.55. The van der Waals surface area contributed by atoms with Gasteiger partial charge in [-0.2, -0.15) is 0 Å². The number of nitro benzene ring substituents is 1. The van der Waals surface area contributed by atoms with Crippen LogP contribution in [0.4, 0.5) is 5.69 Å². The number of hydrogen-bond donors (Lipinski definition) is 2. The van der Waals surface area contributed by atoms with Gasteiger partial charge < -0.3 is 10.4 Å². The summed E-state index contributed by atoms with van der Waals surface area (Å²) in [7, 11) is 0. The Labute approximate surface area is 121 Å². The molecule has 0 saturated heterocycles. The summed E-state index contributed by atoms with van der Waals surface area (Å²) in [4.78, 5) is 22.0. The summed E-state index contributed by atoms with van der Waals surface area (Å²) in [6.45, 7) is 0.294. The molecule has 6 heteroatoms. The fourth-order valence-corrected chi connectivity index (χ4v) is 1.89. The van der Waals surface area contributed by atoms with Crippen molar-refractivity contribution in [3.63, 3.8) is 0 Å². The van der Waals surface area contributed by atoms with Crippen LogP contribution < -0.4 is 5.32 Å². The first-order valence-corrected chi connectivity index (χ1v) is 6.32. The molecule has 0 fully saturated rings. The van der Waals surface area contributed by atoms with Crippen molar-refractivity contribution >= 4 is 11.6 Å². The fraction of sp³-hybridized carbons (Fsp3) is 0.133. The molecule has 0 aliphatic carbocycles. The zero-order valence-corrected chi connectivity index (χ0v) is 11.2. The Bertz CT molecular complexity index is 670. The third-order valence-corrected chi connectivity index (χ3v) is 2.89. The van der Waals surface area contributed by atoms with Crippen LogP contribution >= 0.6 is 0 Å². The van der Waals surface area contributed by atoms with Crippen molar-refractivity contribution in [2.45, 2.75) is 13.0 Å². The first kappa shape index (κ1) is 14.5. The van der Waals surface area contributed by atoms with E-state index in [2.05, 4.69) is 5.32 Å². The summed E-state index contributed by atoms with van der Waals surface area (Å²) in [6.07, 6.45) is 0.0699. The van der Waals surface area contributed by atoms with E-state index in [0.717, 1.165) is 5.56 Å². The zero-order chi connectivity index (χ0) is 15.2. The number of benzene rings is 2. The van der Waals surface area contributed by atoms with E-state index >= 15 is 0 Å². The molecule has 1 amide bonds. The van der Waals surface area contributed by atoms with E-state index in [1.54, 1.807) is 36.4 Å². The summed E-state index contributed by atoms with van der Waals surface area (Å²) in [5.74, 6) is -0.0979. The highest BCUT2D eigenvalue weighted by atomic mass is 16.6. The fourth-order valence-electron chi connectivity index (χ4n) is 1.89. The molecule has 0 radical (unpaired) electrons. The molecule has 2 aromatic rings. The number of hydrogen-bond acceptors (Lipinski definition) is 4. The standard InChI is InChI=1S/C15H14N2O4/c18-14-6-2-4-12(8-14)10-16-15(19)9-11-3-1-5-13(7-11)17(20)21/h1-8,18H,9-10H2,(H,16,19). The number of amides is 1. The summed E-state index contributed by atoms with van der Waals surface area (Å²) >= 11 is 0. The number of carbonyl (C=O) groups is 1. The number of nitrogens with zero attached hydrogens (tertiary/aromatic N) is 1. The number of non-ortho nitro benzene ring substituents is 1. The normalized spacial score (nSPS) is 10.1. The molecule has 0 aromatic heterocycles. The van der Waals surface area contributed by atoms with E-state index in [0.29, 0.717) is 12.1 Å². The number of carbonyl (C=O) groups excluding carboxylic acids is 1. The van der Waals surface area contributed by atoms with Crippen LogP contribution in [0.2, 0.25) is 0 Å². The van der Waals surface area contributed by atoms with Crippen molar-refractivity contribution in [1.82, 2.24) is 5.32 Å². The van der Waals surface area contributed by atoms with Crippen LogP contribution in [0.15, 0.2) is 48.5 Å². The lowest BCUT2D eigenvalue weighted by atomic mass is 10.1. The molecule has 0 heterocycles. The van der Waals surface area contributed by atoms with Crippen LogP contribution in [-0.2, 0) is 17.8 Å². The Hall–Kier alpha value is -2.89. The van der Waals surface area contributed by atoms with Crippen molar-refractivity contribution < 1.29 is 14.8 Å². The first-order chi connectivity index (χ1) is 10.0. The van der Waals surface area contributed by atoms with E-state index in [1.165, 1.54) is 12.1 Å². The minimum absolute atomic E-state index is 0.0340. The van der Waals surface area contributed by atoms with Crippen LogP contribution in [-0.4, -0.2) is 15.9 Å². The molecule has 0 spiro atoms. The third-order valence-electron chi connectivity index (χ3n) is 2.89. The number of phenols is 1. The first-order valence-electron chi connectivity index (χ1n) is 6.32. The summed E-state index contributed by atoms with van der Waals surface area (Å²) < 4.78 is 0. The van der Waals surface area contributed by atoms with E-state index in [1.807, 2.05) is 0 Å². The Morgan fingerprint density at radius 2 is 1.86 bits per heavy atom. The smallest absolute Gasteiger partial charge is 0.269 e. The lowest BCUT2D eigenvalue weighted by Gasteiger charge is -2.06. The average Bonchev–Trinajstić information content (AvgIpc) is 2.45. The van der Waals surface area contributed by atoms with Crippen LogP contribution in [0.25, 0.3) is 0 Å². The number of aromatic hydroxyl groups is 1. The minimum Gasteiger partial charge on any atom is -0.508 e. The Kier molecular flexibility index (Phi) is 4.50. The molecule has 0 saturated carbocycles. The predicted octanol–water partition coefficient (Wildman–Crippen LogP) is 2.16. The van der Waals surface area contributed by atoms with Crippen LogP contribution in [0, 0.1) is 10.1 Å². The molecule has 2 aromatic carbocycles. The number of nitrogens with one attached hydrogen (secondary N) is 1. The zero-order valence-electron chi connectivity index (χ0n) is 11.2. The molecule has 0 aliphatic rings. The third kappa shape index (κ3) is 4.31. The van der Waals surface area contributed by atoms with Gasteiger partial charge in [0, 0.05) is 18.7 Å². The SMILES string of the molecule is O=C(Cc1cccc([N+](=O)[O-])c1)NCc1cccc(O)c1. The van der Waals surface area contributed by atoms with E-state index in [9.17, 15) is 20.0 Å². The van der Waals surface area contributed by atoms with Crippen molar-refractivity contribution in [2.24, 2.45) is 0 Å². The lowest BCUT2D eigenvalue weighted by molar-refractivity contribution is -0.384. The molecule has 0 unspecified atom stereocenters.